The van der Waals surface area contributed by atoms with Crippen LogP contribution in [-0.2, 0) is 10.8 Å². The number of hydrogen-bond acceptors (Lipinski definition) is 4. The van der Waals surface area contributed by atoms with Crippen molar-refractivity contribution in [2.45, 2.75) is 12.5 Å². The van der Waals surface area contributed by atoms with E-state index in [4.69, 9.17) is 0 Å². The lowest BCUT2D eigenvalue weighted by Gasteiger charge is -2.29. The van der Waals surface area contributed by atoms with Gasteiger partial charge >= 0.3 is 0 Å². The SMILES string of the molecule is O=S1CCNC(CCN2CCSCC2)C1. The van der Waals surface area contributed by atoms with Crippen LogP contribution in [0.25, 0.3) is 0 Å². The predicted octanol–water partition coefficient (Wildman–Crippen LogP) is 0.146. The molecule has 2 aliphatic heterocycles. The Balaban J connectivity index is 1.65. The third kappa shape index (κ3) is 4.06. The smallest absolute Gasteiger partial charge is 0.0389 e. The zero-order valence-corrected chi connectivity index (χ0v) is 10.7. The third-order valence-corrected chi connectivity index (χ3v) is 5.42. The molecule has 2 saturated heterocycles. The van der Waals surface area contributed by atoms with E-state index in [1.165, 1.54) is 31.1 Å². The molecular formula is C10H20N2OS2. The summed E-state index contributed by atoms with van der Waals surface area (Å²) in [5.41, 5.74) is 0. The van der Waals surface area contributed by atoms with Crippen molar-refractivity contribution in [3.8, 4) is 0 Å². The minimum absolute atomic E-state index is 0.495. The molecule has 2 unspecified atom stereocenters. The third-order valence-electron chi connectivity index (χ3n) is 3.05. The Bertz CT molecular complexity index is 219. The zero-order valence-electron chi connectivity index (χ0n) is 9.11. The number of nitrogens with zero attached hydrogens (tertiary/aromatic N) is 1. The molecule has 0 radical (unpaired) electrons. The summed E-state index contributed by atoms with van der Waals surface area (Å²) < 4.78 is 11.4. The molecule has 0 spiro atoms. The summed E-state index contributed by atoms with van der Waals surface area (Å²) in [6.07, 6.45) is 1.16. The zero-order chi connectivity index (χ0) is 10.5. The predicted molar refractivity (Wildman–Crippen MR) is 68.0 cm³/mol. The van der Waals surface area contributed by atoms with Crippen molar-refractivity contribution in [2.75, 3.05) is 49.2 Å². The van der Waals surface area contributed by atoms with Crippen molar-refractivity contribution < 1.29 is 4.21 Å². The summed E-state index contributed by atoms with van der Waals surface area (Å²) in [6.45, 7) is 4.59. The topological polar surface area (TPSA) is 32.3 Å². The molecule has 15 heavy (non-hydrogen) atoms. The minimum atomic E-state index is -0.562. The first-order valence-electron chi connectivity index (χ1n) is 5.73. The summed E-state index contributed by atoms with van der Waals surface area (Å²) in [4.78, 5) is 2.54. The Morgan fingerprint density at radius 1 is 1.40 bits per heavy atom. The van der Waals surface area contributed by atoms with Crippen molar-refractivity contribution in [2.24, 2.45) is 0 Å². The highest BCUT2D eigenvalue weighted by Gasteiger charge is 2.19. The maximum absolute atomic E-state index is 11.4. The summed E-state index contributed by atoms with van der Waals surface area (Å²) in [5.74, 6) is 4.27. The summed E-state index contributed by atoms with van der Waals surface area (Å²) in [6, 6.07) is 0.495. The fraction of sp³-hybridized carbons (Fsp3) is 1.00. The van der Waals surface area contributed by atoms with Gasteiger partial charge in [0.2, 0.25) is 0 Å². The van der Waals surface area contributed by atoms with Crippen molar-refractivity contribution in [1.29, 1.82) is 0 Å². The van der Waals surface area contributed by atoms with E-state index in [-0.39, 0.29) is 0 Å². The van der Waals surface area contributed by atoms with E-state index in [2.05, 4.69) is 22.0 Å². The van der Waals surface area contributed by atoms with Gasteiger partial charge in [-0.2, -0.15) is 11.8 Å². The average Bonchev–Trinajstić information content (AvgIpc) is 2.28. The molecular weight excluding hydrogens is 228 g/mol. The first-order valence-corrected chi connectivity index (χ1v) is 8.37. The van der Waals surface area contributed by atoms with Crippen LogP contribution in [0, 0.1) is 0 Å². The highest BCUT2D eigenvalue weighted by molar-refractivity contribution is 7.99. The highest BCUT2D eigenvalue weighted by atomic mass is 32.2. The van der Waals surface area contributed by atoms with Crippen LogP contribution in [0.4, 0.5) is 0 Å². The first kappa shape index (κ1) is 11.9. The lowest BCUT2D eigenvalue weighted by Crippen LogP contribution is -2.45. The molecule has 0 aromatic rings. The van der Waals surface area contributed by atoms with Gasteiger partial charge in [-0.1, -0.05) is 0 Å². The molecule has 0 bridgehead atoms. The quantitative estimate of drug-likeness (QED) is 0.770. The Labute approximate surface area is 98.8 Å². The lowest BCUT2D eigenvalue weighted by molar-refractivity contribution is 0.284. The van der Waals surface area contributed by atoms with Gasteiger partial charge in [0.1, 0.15) is 0 Å². The molecule has 2 fully saturated rings. The largest absolute Gasteiger partial charge is 0.312 e. The molecule has 0 aliphatic carbocycles. The maximum Gasteiger partial charge on any atom is 0.0389 e. The van der Waals surface area contributed by atoms with Crippen molar-refractivity contribution in [3.05, 3.63) is 0 Å². The molecule has 2 heterocycles. The second-order valence-electron chi connectivity index (χ2n) is 4.20. The molecule has 3 nitrogen and oxygen atoms in total. The second kappa shape index (κ2) is 6.23. The fourth-order valence-corrected chi connectivity index (χ4v) is 4.32. The van der Waals surface area contributed by atoms with Gasteiger partial charge in [-0.15, -0.1) is 0 Å². The molecule has 2 atom stereocenters. The van der Waals surface area contributed by atoms with Crippen LogP contribution in [0.1, 0.15) is 6.42 Å². The lowest BCUT2D eigenvalue weighted by atomic mass is 10.2. The second-order valence-corrected chi connectivity index (χ2v) is 7.05. The van der Waals surface area contributed by atoms with Crippen molar-refractivity contribution in [1.82, 2.24) is 10.2 Å². The molecule has 5 heteroatoms. The highest BCUT2D eigenvalue weighted by Crippen LogP contribution is 2.10. The number of rotatable bonds is 3. The summed E-state index contributed by atoms with van der Waals surface area (Å²) in [5, 5.41) is 3.46. The van der Waals surface area contributed by atoms with Gasteiger partial charge in [-0.3, -0.25) is 4.21 Å². The first-order chi connectivity index (χ1) is 7.34. The van der Waals surface area contributed by atoms with Crippen molar-refractivity contribution in [3.63, 3.8) is 0 Å². The van der Waals surface area contributed by atoms with Gasteiger partial charge < -0.3 is 10.2 Å². The molecule has 88 valence electrons. The molecule has 0 aromatic heterocycles. The Kier molecular flexibility index (Phi) is 4.94. The molecule has 2 aliphatic rings. The van der Waals surface area contributed by atoms with Gasteiger partial charge in [-0.25, -0.2) is 0 Å². The van der Waals surface area contributed by atoms with Crippen LogP contribution in [0.5, 0.6) is 0 Å². The van der Waals surface area contributed by atoms with Crippen LogP contribution < -0.4 is 5.32 Å². The van der Waals surface area contributed by atoms with E-state index >= 15 is 0 Å². The monoisotopic (exact) mass is 248 g/mol. The summed E-state index contributed by atoms with van der Waals surface area (Å²) in [7, 11) is -0.562. The fourth-order valence-electron chi connectivity index (χ4n) is 2.09. The molecule has 0 aromatic carbocycles. The van der Waals surface area contributed by atoms with Crippen LogP contribution in [-0.4, -0.2) is 64.3 Å². The van der Waals surface area contributed by atoms with Crippen LogP contribution in [0.15, 0.2) is 0 Å². The van der Waals surface area contributed by atoms with Gasteiger partial charge in [0.25, 0.3) is 0 Å². The molecule has 0 amide bonds. The Morgan fingerprint density at radius 2 is 2.20 bits per heavy atom. The normalized spacial score (nSPS) is 34.1. The van der Waals surface area contributed by atoms with Crippen molar-refractivity contribution >= 4 is 22.6 Å². The molecule has 0 saturated carbocycles. The van der Waals surface area contributed by atoms with Gasteiger partial charge in [0.15, 0.2) is 0 Å². The van der Waals surface area contributed by atoms with Crippen LogP contribution in [0.2, 0.25) is 0 Å². The molecule has 2 rings (SSSR count). The number of hydrogen-bond donors (Lipinski definition) is 1. The average molecular weight is 248 g/mol. The number of thioether (sulfide) groups is 1. The standard InChI is InChI=1S/C10H20N2OS2/c13-15-8-2-11-10(9-15)1-3-12-4-6-14-7-5-12/h10-11H,1-9H2. The number of nitrogens with one attached hydrogen (secondary N) is 1. The van der Waals surface area contributed by atoms with Gasteiger partial charge in [0, 0.05) is 59.5 Å². The molecule has 1 N–H and O–H groups in total. The van der Waals surface area contributed by atoms with E-state index in [1.807, 2.05) is 0 Å². The van der Waals surface area contributed by atoms with E-state index in [1.54, 1.807) is 0 Å². The maximum atomic E-state index is 11.4. The summed E-state index contributed by atoms with van der Waals surface area (Å²) >= 11 is 2.05. The Morgan fingerprint density at radius 3 is 2.93 bits per heavy atom. The minimum Gasteiger partial charge on any atom is -0.312 e. The van der Waals surface area contributed by atoms with Gasteiger partial charge in [-0.05, 0) is 13.0 Å². The van der Waals surface area contributed by atoms with E-state index < -0.39 is 10.8 Å². The van der Waals surface area contributed by atoms with E-state index in [9.17, 15) is 4.21 Å². The Hall–Kier alpha value is 0.420. The van der Waals surface area contributed by atoms with Crippen LogP contribution in [0.3, 0.4) is 0 Å². The van der Waals surface area contributed by atoms with Gasteiger partial charge in [0.05, 0.1) is 0 Å². The van der Waals surface area contributed by atoms with E-state index in [0.717, 1.165) is 24.5 Å². The van der Waals surface area contributed by atoms with E-state index in [0.29, 0.717) is 6.04 Å². The van der Waals surface area contributed by atoms with Crippen LogP contribution >= 0.6 is 11.8 Å².